The molecule has 0 spiro atoms. The van der Waals surface area contributed by atoms with Crippen molar-refractivity contribution in [1.82, 2.24) is 9.97 Å². The maximum absolute atomic E-state index is 15.1. The van der Waals surface area contributed by atoms with Crippen molar-refractivity contribution in [2.24, 2.45) is 0 Å². The molecule has 0 radical (unpaired) electrons. The number of ether oxygens (including phenoxy) is 1. The predicted octanol–water partition coefficient (Wildman–Crippen LogP) is 6.14. The maximum Gasteiger partial charge on any atom is 0.134 e. The number of rotatable bonds is 8. The first-order valence-electron chi connectivity index (χ1n) is 10.4. The lowest BCUT2D eigenvalue weighted by Gasteiger charge is -2.09. The summed E-state index contributed by atoms with van der Waals surface area (Å²) in [6.45, 7) is 0.512. The number of benzene rings is 3. The molecule has 3 aromatic carbocycles. The van der Waals surface area contributed by atoms with Gasteiger partial charge in [-0.3, -0.25) is 0 Å². The zero-order valence-electron chi connectivity index (χ0n) is 17.4. The smallest absolute Gasteiger partial charge is 0.134 e. The van der Waals surface area contributed by atoms with Crippen molar-refractivity contribution in [3.8, 4) is 0 Å². The average molecular weight is 435 g/mol. The van der Waals surface area contributed by atoms with Crippen LogP contribution in [0.4, 0.5) is 4.39 Å². The average Bonchev–Trinajstić information content (AvgIpc) is 2.79. The normalized spacial score (nSPS) is 11.2. The summed E-state index contributed by atoms with van der Waals surface area (Å²) in [6.07, 6.45) is 6.57. The van der Waals surface area contributed by atoms with E-state index in [2.05, 4.69) is 16.0 Å². The van der Waals surface area contributed by atoms with Gasteiger partial charge in [0.05, 0.1) is 6.61 Å². The molecule has 0 aliphatic rings. The lowest BCUT2D eigenvalue weighted by atomic mass is 9.98. The van der Waals surface area contributed by atoms with Gasteiger partial charge in [-0.05, 0) is 53.5 Å². The van der Waals surface area contributed by atoms with Crippen LogP contribution in [0.25, 0.3) is 10.8 Å². The largest absolute Gasteiger partial charge is 0.380 e. The molecule has 0 fully saturated rings. The molecule has 0 amide bonds. The quantitative estimate of drug-likeness (QED) is 0.334. The van der Waals surface area contributed by atoms with E-state index in [0.717, 1.165) is 52.7 Å². The van der Waals surface area contributed by atoms with Gasteiger partial charge in [-0.2, -0.15) is 0 Å². The van der Waals surface area contributed by atoms with Gasteiger partial charge in [-0.15, -0.1) is 0 Å². The second-order valence-corrected chi connectivity index (χ2v) is 8.10. The van der Waals surface area contributed by atoms with Crippen LogP contribution in [0.2, 0.25) is 5.02 Å². The van der Waals surface area contributed by atoms with Gasteiger partial charge in [-0.1, -0.05) is 54.1 Å². The number of hydrogen-bond acceptors (Lipinski definition) is 3. The maximum atomic E-state index is 15.1. The van der Waals surface area contributed by atoms with Crippen LogP contribution in [0.5, 0.6) is 0 Å². The molecule has 4 aromatic rings. The zero-order chi connectivity index (χ0) is 21.6. The summed E-state index contributed by atoms with van der Waals surface area (Å²) in [4.78, 5) is 8.78. The zero-order valence-corrected chi connectivity index (χ0v) is 18.2. The van der Waals surface area contributed by atoms with E-state index < -0.39 is 0 Å². The molecule has 0 bridgehead atoms. The molecule has 1 heterocycles. The molecule has 0 saturated carbocycles. The molecule has 0 saturated heterocycles. The Bertz CT molecular complexity index is 1160. The molecular weight excluding hydrogens is 411 g/mol. The number of hydrogen-bond donors (Lipinski definition) is 0. The first-order chi connectivity index (χ1) is 15.1. The molecule has 0 aliphatic carbocycles. The molecule has 5 heteroatoms. The van der Waals surface area contributed by atoms with Crippen LogP contribution in [0.15, 0.2) is 67.0 Å². The summed E-state index contributed by atoms with van der Waals surface area (Å²) >= 11 is 5.94. The van der Waals surface area contributed by atoms with Crippen LogP contribution >= 0.6 is 11.6 Å². The van der Waals surface area contributed by atoms with E-state index in [-0.39, 0.29) is 5.82 Å². The van der Waals surface area contributed by atoms with Crippen LogP contribution < -0.4 is 0 Å². The fourth-order valence-corrected chi connectivity index (χ4v) is 3.80. The van der Waals surface area contributed by atoms with Crippen LogP contribution in [-0.4, -0.2) is 17.1 Å². The van der Waals surface area contributed by atoms with Gasteiger partial charge in [0.1, 0.15) is 11.6 Å². The van der Waals surface area contributed by atoms with E-state index >= 15 is 4.39 Å². The first kappa shape index (κ1) is 21.4. The van der Waals surface area contributed by atoms with Crippen LogP contribution in [-0.2, 0) is 37.0 Å². The Morgan fingerprint density at radius 2 is 1.52 bits per heavy atom. The number of halogens is 2. The molecule has 158 valence electrons. The van der Waals surface area contributed by atoms with Gasteiger partial charge >= 0.3 is 0 Å². The Labute approximate surface area is 186 Å². The molecule has 4 rings (SSSR count). The van der Waals surface area contributed by atoms with Crippen molar-refractivity contribution >= 4 is 22.4 Å². The van der Waals surface area contributed by atoms with E-state index in [9.17, 15) is 0 Å². The topological polar surface area (TPSA) is 35.0 Å². The van der Waals surface area contributed by atoms with Crippen molar-refractivity contribution in [2.75, 3.05) is 7.11 Å². The van der Waals surface area contributed by atoms with Crippen LogP contribution in [0.1, 0.15) is 28.1 Å². The molecular formula is C26H24ClFN2O. The van der Waals surface area contributed by atoms with Gasteiger partial charge < -0.3 is 4.74 Å². The van der Waals surface area contributed by atoms with Gasteiger partial charge in [-0.25, -0.2) is 14.4 Å². The Balaban J connectivity index is 1.43. The highest BCUT2D eigenvalue weighted by Gasteiger charge is 2.09. The monoisotopic (exact) mass is 434 g/mol. The third kappa shape index (κ3) is 5.46. The minimum absolute atomic E-state index is 0.130. The van der Waals surface area contributed by atoms with Crippen molar-refractivity contribution in [3.63, 3.8) is 0 Å². The minimum Gasteiger partial charge on any atom is -0.380 e. The van der Waals surface area contributed by atoms with E-state index in [1.807, 2.05) is 48.5 Å². The lowest BCUT2D eigenvalue weighted by Crippen LogP contribution is -2.00. The van der Waals surface area contributed by atoms with Gasteiger partial charge in [0.25, 0.3) is 0 Å². The predicted molar refractivity (Wildman–Crippen MR) is 123 cm³/mol. The molecule has 0 unspecified atom stereocenters. The Morgan fingerprint density at radius 3 is 2.26 bits per heavy atom. The van der Waals surface area contributed by atoms with Crippen LogP contribution in [0.3, 0.4) is 0 Å². The fourth-order valence-electron chi connectivity index (χ4n) is 3.67. The number of methoxy groups -OCH3 is 1. The van der Waals surface area contributed by atoms with Crippen molar-refractivity contribution in [3.05, 3.63) is 106 Å². The third-order valence-electron chi connectivity index (χ3n) is 5.40. The molecule has 31 heavy (non-hydrogen) atoms. The SMILES string of the molecule is COCc1cnc(CCc2ccc3c(F)c(CCc4ccc(Cl)cc4)ccc3c2)nc1. The highest BCUT2D eigenvalue weighted by molar-refractivity contribution is 6.30. The second-order valence-electron chi connectivity index (χ2n) is 7.66. The van der Waals surface area contributed by atoms with Gasteiger partial charge in [0, 0.05) is 41.9 Å². The van der Waals surface area contributed by atoms with E-state index in [4.69, 9.17) is 16.3 Å². The highest BCUT2D eigenvalue weighted by atomic mass is 35.5. The molecule has 1 aromatic heterocycles. The van der Waals surface area contributed by atoms with E-state index in [0.29, 0.717) is 23.4 Å². The van der Waals surface area contributed by atoms with Crippen LogP contribution in [0, 0.1) is 5.82 Å². The summed E-state index contributed by atoms with van der Waals surface area (Å²) in [5.74, 6) is 0.666. The number of aryl methyl sites for hydroxylation is 4. The lowest BCUT2D eigenvalue weighted by molar-refractivity contribution is 0.184. The third-order valence-corrected chi connectivity index (χ3v) is 5.65. The number of fused-ring (bicyclic) bond motifs is 1. The van der Waals surface area contributed by atoms with Crippen molar-refractivity contribution in [2.45, 2.75) is 32.3 Å². The summed E-state index contributed by atoms with van der Waals surface area (Å²) in [7, 11) is 1.65. The molecule has 0 N–H and O–H groups in total. The minimum atomic E-state index is -0.130. The summed E-state index contributed by atoms with van der Waals surface area (Å²) < 4.78 is 20.2. The highest BCUT2D eigenvalue weighted by Crippen LogP contribution is 2.24. The summed E-state index contributed by atoms with van der Waals surface area (Å²) in [5.41, 5.74) is 3.99. The van der Waals surface area contributed by atoms with Gasteiger partial charge in [0.15, 0.2) is 0 Å². The summed E-state index contributed by atoms with van der Waals surface area (Å²) in [5, 5.41) is 2.30. The van der Waals surface area contributed by atoms with Crippen molar-refractivity contribution in [1.29, 1.82) is 0 Å². The van der Waals surface area contributed by atoms with E-state index in [1.54, 1.807) is 19.5 Å². The second kappa shape index (κ2) is 9.99. The summed E-state index contributed by atoms with van der Waals surface area (Å²) in [6, 6.07) is 17.6. The standard InChI is InChI=1S/C26H24ClFN2O/c1-31-17-20-15-29-25(30-16-20)13-6-19-5-12-24-22(14-19)9-8-21(26(24)28)7-2-18-3-10-23(27)11-4-18/h3-5,8-12,14-16H,2,6-7,13,17H2,1H3. The van der Waals surface area contributed by atoms with E-state index in [1.165, 1.54) is 0 Å². The Morgan fingerprint density at radius 1 is 0.806 bits per heavy atom. The van der Waals surface area contributed by atoms with Gasteiger partial charge in [0.2, 0.25) is 0 Å². The Kier molecular flexibility index (Phi) is 6.90. The first-order valence-corrected chi connectivity index (χ1v) is 10.7. The fraction of sp³-hybridized carbons (Fsp3) is 0.231. The Hall–Kier alpha value is -2.82. The van der Waals surface area contributed by atoms with Crippen molar-refractivity contribution < 1.29 is 9.13 Å². The molecule has 0 aliphatic heterocycles. The number of nitrogens with zero attached hydrogens (tertiary/aromatic N) is 2. The number of aromatic nitrogens is 2. The molecule has 3 nitrogen and oxygen atoms in total. The molecule has 0 atom stereocenters.